The standard InChI is InChI=1S/C11H19F2N/c1-9(2,3)7-14-5-4-10(8-14)6-11(10,12)13/h4-8H2,1-3H3. The molecule has 1 nitrogen and oxygen atoms in total. The molecule has 0 aromatic carbocycles. The van der Waals surface area contributed by atoms with Gasteiger partial charge in [0.2, 0.25) is 0 Å². The Morgan fingerprint density at radius 3 is 2.21 bits per heavy atom. The minimum atomic E-state index is -2.36. The zero-order valence-corrected chi connectivity index (χ0v) is 9.24. The second-order valence-electron chi connectivity index (χ2n) is 6.18. The van der Waals surface area contributed by atoms with E-state index in [1.165, 1.54) is 0 Å². The maximum absolute atomic E-state index is 13.1. The molecule has 14 heavy (non-hydrogen) atoms. The van der Waals surface area contributed by atoms with Crippen molar-refractivity contribution in [1.29, 1.82) is 0 Å². The van der Waals surface area contributed by atoms with Gasteiger partial charge in [0.1, 0.15) is 0 Å². The quantitative estimate of drug-likeness (QED) is 0.633. The van der Waals surface area contributed by atoms with E-state index in [2.05, 4.69) is 25.7 Å². The fourth-order valence-corrected chi connectivity index (χ4v) is 2.59. The molecule has 1 spiro atoms. The maximum Gasteiger partial charge on any atom is 0.255 e. The molecule has 0 bridgehead atoms. The van der Waals surface area contributed by atoms with Gasteiger partial charge in [0, 0.05) is 19.5 Å². The van der Waals surface area contributed by atoms with Gasteiger partial charge in [-0.1, -0.05) is 20.8 Å². The Kier molecular flexibility index (Phi) is 1.98. The van der Waals surface area contributed by atoms with Gasteiger partial charge in [0.05, 0.1) is 5.41 Å². The van der Waals surface area contributed by atoms with Crippen molar-refractivity contribution in [2.45, 2.75) is 39.5 Å². The largest absolute Gasteiger partial charge is 0.302 e. The van der Waals surface area contributed by atoms with Gasteiger partial charge < -0.3 is 4.90 Å². The predicted molar refractivity (Wildman–Crippen MR) is 52.5 cm³/mol. The fourth-order valence-electron chi connectivity index (χ4n) is 2.59. The Labute approximate surface area is 84.5 Å². The van der Waals surface area contributed by atoms with Crippen molar-refractivity contribution in [3.05, 3.63) is 0 Å². The number of halogens is 2. The number of alkyl halides is 2. The molecule has 1 aliphatic heterocycles. The predicted octanol–water partition coefficient (Wildman–Crippen LogP) is 2.76. The highest BCUT2D eigenvalue weighted by Crippen LogP contribution is 2.65. The lowest BCUT2D eigenvalue weighted by Crippen LogP contribution is -2.31. The first kappa shape index (κ1) is 10.3. The smallest absolute Gasteiger partial charge is 0.255 e. The van der Waals surface area contributed by atoms with Crippen molar-refractivity contribution in [3.63, 3.8) is 0 Å². The molecule has 2 rings (SSSR count). The minimum absolute atomic E-state index is 0.126. The molecule has 3 heteroatoms. The third-order valence-corrected chi connectivity index (χ3v) is 3.34. The van der Waals surface area contributed by atoms with E-state index in [9.17, 15) is 8.78 Å². The van der Waals surface area contributed by atoms with Gasteiger partial charge in [0.25, 0.3) is 5.92 Å². The van der Waals surface area contributed by atoms with E-state index in [-0.39, 0.29) is 11.8 Å². The first-order valence-electron chi connectivity index (χ1n) is 5.34. The molecular formula is C11H19F2N. The molecule has 1 aliphatic carbocycles. The molecule has 2 aliphatic rings. The highest BCUT2D eigenvalue weighted by Gasteiger charge is 2.72. The minimum Gasteiger partial charge on any atom is -0.302 e. The van der Waals surface area contributed by atoms with Crippen molar-refractivity contribution in [3.8, 4) is 0 Å². The Morgan fingerprint density at radius 1 is 1.29 bits per heavy atom. The molecule has 1 saturated heterocycles. The van der Waals surface area contributed by atoms with Crippen molar-refractivity contribution in [2.24, 2.45) is 10.8 Å². The monoisotopic (exact) mass is 203 g/mol. The summed E-state index contributed by atoms with van der Waals surface area (Å²) in [7, 11) is 0. The average Bonchev–Trinajstić information content (AvgIpc) is 2.36. The molecule has 82 valence electrons. The van der Waals surface area contributed by atoms with Gasteiger partial charge in [-0.3, -0.25) is 0 Å². The van der Waals surface area contributed by atoms with Gasteiger partial charge in [-0.15, -0.1) is 0 Å². The third-order valence-electron chi connectivity index (χ3n) is 3.34. The van der Waals surface area contributed by atoms with E-state index >= 15 is 0 Å². The zero-order valence-electron chi connectivity index (χ0n) is 9.24. The van der Waals surface area contributed by atoms with Gasteiger partial charge in [-0.05, 0) is 18.4 Å². The summed E-state index contributed by atoms with van der Waals surface area (Å²) in [5, 5.41) is 0. The van der Waals surface area contributed by atoms with Gasteiger partial charge in [-0.25, -0.2) is 8.78 Å². The molecule has 1 atom stereocenters. The summed E-state index contributed by atoms with van der Waals surface area (Å²) >= 11 is 0. The highest BCUT2D eigenvalue weighted by atomic mass is 19.3. The Hall–Kier alpha value is -0.180. The second-order valence-corrected chi connectivity index (χ2v) is 6.18. The fraction of sp³-hybridized carbons (Fsp3) is 1.00. The number of likely N-dealkylation sites (tertiary alicyclic amines) is 1. The molecule has 1 saturated carbocycles. The van der Waals surface area contributed by atoms with Crippen LogP contribution in [0.2, 0.25) is 0 Å². The Balaban J connectivity index is 1.91. The zero-order chi connectivity index (χ0) is 10.6. The topological polar surface area (TPSA) is 3.24 Å². The van der Waals surface area contributed by atoms with E-state index in [0.29, 0.717) is 13.0 Å². The first-order valence-corrected chi connectivity index (χ1v) is 5.34. The summed E-state index contributed by atoms with van der Waals surface area (Å²) in [6.07, 6.45) is 0.816. The third kappa shape index (κ3) is 1.67. The molecule has 0 amide bonds. The number of rotatable bonds is 1. The van der Waals surface area contributed by atoms with Crippen LogP contribution in [0, 0.1) is 10.8 Å². The van der Waals surface area contributed by atoms with Crippen LogP contribution < -0.4 is 0 Å². The van der Waals surface area contributed by atoms with E-state index in [0.717, 1.165) is 13.1 Å². The highest BCUT2D eigenvalue weighted by molar-refractivity contribution is 5.14. The van der Waals surface area contributed by atoms with Crippen LogP contribution in [0.5, 0.6) is 0 Å². The molecular weight excluding hydrogens is 184 g/mol. The molecule has 0 aromatic rings. The van der Waals surface area contributed by atoms with Crippen molar-refractivity contribution >= 4 is 0 Å². The van der Waals surface area contributed by atoms with Gasteiger partial charge in [0.15, 0.2) is 0 Å². The number of hydrogen-bond donors (Lipinski definition) is 0. The van der Waals surface area contributed by atoms with Gasteiger partial charge in [-0.2, -0.15) is 0 Å². The number of hydrogen-bond acceptors (Lipinski definition) is 1. The molecule has 1 heterocycles. The Bertz CT molecular complexity index is 244. The lowest BCUT2D eigenvalue weighted by Gasteiger charge is -2.26. The normalized spacial score (nSPS) is 36.6. The summed E-state index contributed by atoms with van der Waals surface area (Å²) in [6, 6.07) is 0. The van der Waals surface area contributed by atoms with Crippen LogP contribution in [-0.2, 0) is 0 Å². The van der Waals surface area contributed by atoms with E-state index < -0.39 is 11.3 Å². The molecule has 2 fully saturated rings. The van der Waals surface area contributed by atoms with Crippen LogP contribution in [0.1, 0.15) is 33.6 Å². The maximum atomic E-state index is 13.1. The average molecular weight is 203 g/mol. The summed E-state index contributed by atoms with van der Waals surface area (Å²) in [4.78, 5) is 2.20. The molecule has 0 N–H and O–H groups in total. The van der Waals surface area contributed by atoms with Gasteiger partial charge >= 0.3 is 0 Å². The lowest BCUT2D eigenvalue weighted by atomic mass is 9.96. The summed E-state index contributed by atoms with van der Waals surface area (Å²) in [5.41, 5.74) is -0.409. The lowest BCUT2D eigenvalue weighted by molar-refractivity contribution is 0.0646. The summed E-state index contributed by atoms with van der Waals surface area (Å²) in [6.45, 7) is 8.87. The van der Waals surface area contributed by atoms with Crippen LogP contribution >= 0.6 is 0 Å². The summed E-state index contributed by atoms with van der Waals surface area (Å²) in [5.74, 6) is -2.36. The van der Waals surface area contributed by atoms with Crippen LogP contribution in [-0.4, -0.2) is 30.5 Å². The molecule has 0 aromatic heterocycles. The van der Waals surface area contributed by atoms with E-state index in [1.807, 2.05) is 0 Å². The molecule has 0 radical (unpaired) electrons. The van der Waals surface area contributed by atoms with E-state index in [4.69, 9.17) is 0 Å². The number of nitrogens with zero attached hydrogens (tertiary/aromatic N) is 1. The van der Waals surface area contributed by atoms with Crippen molar-refractivity contribution in [1.82, 2.24) is 4.90 Å². The van der Waals surface area contributed by atoms with Crippen LogP contribution in [0.3, 0.4) is 0 Å². The van der Waals surface area contributed by atoms with Crippen molar-refractivity contribution < 1.29 is 8.78 Å². The second kappa shape index (κ2) is 2.69. The van der Waals surface area contributed by atoms with Crippen molar-refractivity contribution in [2.75, 3.05) is 19.6 Å². The Morgan fingerprint density at radius 2 is 1.86 bits per heavy atom. The first-order chi connectivity index (χ1) is 6.24. The van der Waals surface area contributed by atoms with Crippen LogP contribution in [0.15, 0.2) is 0 Å². The van der Waals surface area contributed by atoms with Crippen LogP contribution in [0.25, 0.3) is 0 Å². The molecule has 1 unspecified atom stereocenters. The summed E-state index contributed by atoms with van der Waals surface area (Å²) < 4.78 is 26.1. The van der Waals surface area contributed by atoms with E-state index in [1.54, 1.807) is 0 Å². The van der Waals surface area contributed by atoms with Crippen LogP contribution in [0.4, 0.5) is 8.78 Å². The SMILES string of the molecule is CC(C)(C)CN1CCC2(C1)CC2(F)F.